The summed E-state index contributed by atoms with van der Waals surface area (Å²) in [4.78, 5) is 16.6. The van der Waals surface area contributed by atoms with Crippen LogP contribution in [0.4, 0.5) is 0 Å². The normalized spacial score (nSPS) is 12.9. The maximum atomic E-state index is 12.1. The third kappa shape index (κ3) is 3.35. The quantitative estimate of drug-likeness (QED) is 0.891. The molecular weight excluding hydrogens is 272 g/mol. The maximum Gasteiger partial charge on any atom is 0.270 e. The van der Waals surface area contributed by atoms with E-state index in [1.807, 2.05) is 13.8 Å². The summed E-state index contributed by atoms with van der Waals surface area (Å²) >= 11 is 3.29. The van der Waals surface area contributed by atoms with Gasteiger partial charge in [-0.3, -0.25) is 4.79 Å². The van der Waals surface area contributed by atoms with Crippen molar-refractivity contribution in [2.45, 2.75) is 32.9 Å². The first-order valence-corrected chi connectivity index (χ1v) is 6.04. The summed E-state index contributed by atoms with van der Waals surface area (Å²) in [6.45, 7) is 5.87. The van der Waals surface area contributed by atoms with Crippen LogP contribution < -0.4 is 0 Å². The van der Waals surface area contributed by atoms with Crippen molar-refractivity contribution in [2.24, 2.45) is 0 Å². The Kier molecular flexibility index (Phi) is 4.56. The summed E-state index contributed by atoms with van der Waals surface area (Å²) in [6, 6.07) is 1.80. The Bertz CT molecular complexity index is 361. The fourth-order valence-corrected chi connectivity index (χ4v) is 1.80. The molecule has 90 valence electrons. The van der Waals surface area contributed by atoms with E-state index in [0.29, 0.717) is 12.2 Å². The van der Waals surface area contributed by atoms with Crippen molar-refractivity contribution in [1.82, 2.24) is 9.88 Å². The molecule has 0 bridgehead atoms. The van der Waals surface area contributed by atoms with Gasteiger partial charge in [0.05, 0.1) is 6.10 Å². The summed E-state index contributed by atoms with van der Waals surface area (Å²) in [5.41, 5.74) is 0.529. The smallest absolute Gasteiger partial charge is 0.270 e. The number of halogens is 1. The Hall–Kier alpha value is -0.810. The molecule has 1 unspecified atom stereocenters. The molecule has 0 radical (unpaired) electrons. The number of aromatic nitrogens is 1. The van der Waals surface area contributed by atoms with E-state index in [0.717, 1.165) is 4.47 Å². The summed E-state index contributed by atoms with van der Waals surface area (Å²) in [6.07, 6.45) is 1.19. The van der Waals surface area contributed by atoms with Crippen LogP contribution in [0.1, 0.15) is 31.3 Å². The van der Waals surface area contributed by atoms with Gasteiger partial charge in [0.2, 0.25) is 0 Å². The lowest BCUT2D eigenvalue weighted by Gasteiger charge is -2.27. The van der Waals surface area contributed by atoms with Gasteiger partial charge in [-0.05, 0) is 42.8 Å². The first-order chi connectivity index (χ1) is 7.41. The number of aliphatic hydroxyl groups excluding tert-OH is 1. The van der Waals surface area contributed by atoms with Crippen LogP contribution in [0.5, 0.6) is 0 Å². The average molecular weight is 289 g/mol. The lowest BCUT2D eigenvalue weighted by atomic mass is 10.2. The highest BCUT2D eigenvalue weighted by Crippen LogP contribution is 2.14. The van der Waals surface area contributed by atoms with E-state index in [4.69, 9.17) is 0 Å². The standard InChI is InChI=1S/C11H17BrN2O2/c1-7(2)14(6-8(3)15)11(16)10-4-9(12)5-13-10/h4-5,7-8,13,15H,6H2,1-3H3. The predicted molar refractivity (Wildman–Crippen MR) is 66.3 cm³/mol. The molecule has 5 heteroatoms. The fourth-order valence-electron chi connectivity index (χ4n) is 1.46. The Balaban J connectivity index is 2.83. The SMILES string of the molecule is CC(O)CN(C(=O)c1cc(Br)c[nH]1)C(C)C. The number of hydrogen-bond donors (Lipinski definition) is 2. The minimum absolute atomic E-state index is 0.0594. The van der Waals surface area contributed by atoms with Gasteiger partial charge in [-0.2, -0.15) is 0 Å². The molecule has 0 fully saturated rings. The number of carbonyl (C=O) groups excluding carboxylic acids is 1. The Labute approximate surface area is 104 Å². The first-order valence-electron chi connectivity index (χ1n) is 5.24. The molecule has 1 aromatic heterocycles. The zero-order chi connectivity index (χ0) is 12.3. The summed E-state index contributed by atoms with van der Waals surface area (Å²) in [5.74, 6) is -0.0957. The van der Waals surface area contributed by atoms with Crippen molar-refractivity contribution in [3.05, 3.63) is 22.4 Å². The van der Waals surface area contributed by atoms with Crippen molar-refractivity contribution in [3.8, 4) is 0 Å². The number of nitrogens with one attached hydrogen (secondary N) is 1. The molecule has 1 amide bonds. The molecule has 1 heterocycles. The van der Waals surface area contributed by atoms with E-state index in [2.05, 4.69) is 20.9 Å². The highest BCUT2D eigenvalue weighted by Gasteiger charge is 2.21. The second-order valence-corrected chi connectivity index (χ2v) is 5.05. The lowest BCUT2D eigenvalue weighted by Crippen LogP contribution is -2.41. The molecule has 4 nitrogen and oxygen atoms in total. The predicted octanol–water partition coefficient (Wildman–Crippen LogP) is 2.01. The van der Waals surface area contributed by atoms with Crippen molar-refractivity contribution in [1.29, 1.82) is 0 Å². The van der Waals surface area contributed by atoms with Gasteiger partial charge in [-0.15, -0.1) is 0 Å². The Morgan fingerprint density at radius 1 is 1.56 bits per heavy atom. The number of rotatable bonds is 4. The molecule has 0 saturated carbocycles. The van der Waals surface area contributed by atoms with Crippen LogP contribution in [0.25, 0.3) is 0 Å². The van der Waals surface area contributed by atoms with Gasteiger partial charge in [0.1, 0.15) is 5.69 Å². The van der Waals surface area contributed by atoms with Gasteiger partial charge in [0, 0.05) is 23.3 Å². The van der Waals surface area contributed by atoms with Gasteiger partial charge < -0.3 is 15.0 Å². The van der Waals surface area contributed by atoms with E-state index in [1.165, 1.54) is 0 Å². The lowest BCUT2D eigenvalue weighted by molar-refractivity contribution is 0.0574. The first kappa shape index (κ1) is 13.3. The van der Waals surface area contributed by atoms with Gasteiger partial charge in [0.25, 0.3) is 5.91 Å². The second kappa shape index (κ2) is 5.50. The molecule has 1 aromatic rings. The topological polar surface area (TPSA) is 56.3 Å². The zero-order valence-electron chi connectivity index (χ0n) is 9.70. The van der Waals surface area contributed by atoms with Crippen molar-refractivity contribution < 1.29 is 9.90 Å². The number of nitrogens with zero attached hydrogens (tertiary/aromatic N) is 1. The number of aliphatic hydroxyl groups is 1. The van der Waals surface area contributed by atoms with Crippen LogP contribution in [0.3, 0.4) is 0 Å². The van der Waals surface area contributed by atoms with Gasteiger partial charge >= 0.3 is 0 Å². The molecule has 0 spiro atoms. The van der Waals surface area contributed by atoms with Crippen LogP contribution >= 0.6 is 15.9 Å². The van der Waals surface area contributed by atoms with Crippen molar-refractivity contribution in [3.63, 3.8) is 0 Å². The third-order valence-corrected chi connectivity index (χ3v) is 2.68. The van der Waals surface area contributed by atoms with Crippen LogP contribution in [0.2, 0.25) is 0 Å². The number of hydrogen-bond acceptors (Lipinski definition) is 2. The van der Waals surface area contributed by atoms with E-state index < -0.39 is 6.10 Å². The molecule has 1 rings (SSSR count). The molecule has 1 atom stereocenters. The molecule has 0 aromatic carbocycles. The summed E-state index contributed by atoms with van der Waals surface area (Å²) < 4.78 is 0.844. The zero-order valence-corrected chi connectivity index (χ0v) is 11.3. The molecule has 0 saturated heterocycles. The maximum absolute atomic E-state index is 12.1. The minimum atomic E-state index is -0.523. The van der Waals surface area contributed by atoms with E-state index in [1.54, 1.807) is 24.1 Å². The molecule has 2 N–H and O–H groups in total. The average Bonchev–Trinajstić information content (AvgIpc) is 2.59. The Morgan fingerprint density at radius 2 is 2.19 bits per heavy atom. The highest BCUT2D eigenvalue weighted by atomic mass is 79.9. The van der Waals surface area contributed by atoms with Crippen LogP contribution in [0.15, 0.2) is 16.7 Å². The highest BCUT2D eigenvalue weighted by molar-refractivity contribution is 9.10. The minimum Gasteiger partial charge on any atom is -0.392 e. The van der Waals surface area contributed by atoms with Gasteiger partial charge in [0.15, 0.2) is 0 Å². The van der Waals surface area contributed by atoms with Crippen LogP contribution in [-0.2, 0) is 0 Å². The van der Waals surface area contributed by atoms with Gasteiger partial charge in [-0.1, -0.05) is 0 Å². The van der Waals surface area contributed by atoms with E-state index in [9.17, 15) is 9.90 Å². The number of carbonyl (C=O) groups is 1. The second-order valence-electron chi connectivity index (χ2n) is 4.13. The summed E-state index contributed by atoms with van der Waals surface area (Å²) in [5, 5.41) is 9.36. The molecular formula is C11H17BrN2O2. The van der Waals surface area contributed by atoms with Crippen molar-refractivity contribution >= 4 is 21.8 Å². The molecule has 0 aliphatic rings. The van der Waals surface area contributed by atoms with Crippen LogP contribution in [-0.4, -0.2) is 39.6 Å². The Morgan fingerprint density at radius 3 is 2.56 bits per heavy atom. The fraction of sp³-hybridized carbons (Fsp3) is 0.545. The van der Waals surface area contributed by atoms with E-state index >= 15 is 0 Å². The summed E-state index contributed by atoms with van der Waals surface area (Å²) in [7, 11) is 0. The van der Waals surface area contributed by atoms with E-state index in [-0.39, 0.29) is 11.9 Å². The van der Waals surface area contributed by atoms with Crippen LogP contribution in [0, 0.1) is 0 Å². The molecule has 16 heavy (non-hydrogen) atoms. The third-order valence-electron chi connectivity index (χ3n) is 2.22. The largest absolute Gasteiger partial charge is 0.392 e. The number of H-pyrrole nitrogens is 1. The molecule has 0 aliphatic heterocycles. The molecule has 0 aliphatic carbocycles. The number of aromatic amines is 1. The van der Waals surface area contributed by atoms with Crippen molar-refractivity contribution in [2.75, 3.05) is 6.54 Å². The van der Waals surface area contributed by atoms with Gasteiger partial charge in [-0.25, -0.2) is 0 Å². The monoisotopic (exact) mass is 288 g/mol. The number of amides is 1.